The molecule has 6 nitrogen and oxygen atoms in total. The highest BCUT2D eigenvalue weighted by atomic mass is 35.5. The quantitative estimate of drug-likeness (QED) is 0.771. The summed E-state index contributed by atoms with van der Waals surface area (Å²) in [5.41, 5.74) is 1.94. The summed E-state index contributed by atoms with van der Waals surface area (Å²) < 4.78 is 5.65. The predicted molar refractivity (Wildman–Crippen MR) is 102 cm³/mol. The number of hydrogen-bond acceptors (Lipinski definition) is 4. The average molecular weight is 373 g/mol. The number of aromatic nitrogens is 1. The Balaban J connectivity index is 1.46. The lowest BCUT2D eigenvalue weighted by Gasteiger charge is -2.39. The van der Waals surface area contributed by atoms with Crippen LogP contribution < -0.4 is 14.5 Å². The Kier molecular flexibility index (Phi) is 4.59. The topological polar surface area (TPSA) is 48.9 Å². The molecule has 4 rings (SSSR count). The van der Waals surface area contributed by atoms with Gasteiger partial charge in [-0.1, -0.05) is 17.7 Å². The zero-order chi connectivity index (χ0) is 18.1. The molecule has 1 saturated heterocycles. The maximum Gasteiger partial charge on any atom is 0.324 e. The van der Waals surface area contributed by atoms with E-state index in [1.54, 1.807) is 17.0 Å². The standard InChI is InChI=1S/C19H21ClN4O2/c1-14-3-2-6-21-18(14)22-7-9-23(10-8-22)19(25)24-11-12-26-17-13-15(20)4-5-16(17)24/h2-6,13H,7-12H2,1H3. The third-order valence-corrected chi connectivity index (χ3v) is 5.08. The van der Waals surface area contributed by atoms with Crippen molar-refractivity contribution in [2.75, 3.05) is 49.1 Å². The molecule has 1 fully saturated rings. The molecule has 0 aliphatic carbocycles. The molecule has 1 aromatic heterocycles. The summed E-state index contributed by atoms with van der Waals surface area (Å²) in [6.07, 6.45) is 1.82. The van der Waals surface area contributed by atoms with E-state index in [0.29, 0.717) is 37.0 Å². The highest BCUT2D eigenvalue weighted by Crippen LogP contribution is 2.34. The summed E-state index contributed by atoms with van der Waals surface area (Å²) in [7, 11) is 0. The molecule has 3 heterocycles. The molecule has 1 aromatic carbocycles. The van der Waals surface area contributed by atoms with Crippen LogP contribution in [-0.2, 0) is 0 Å². The van der Waals surface area contributed by atoms with Gasteiger partial charge in [0.15, 0.2) is 0 Å². The van der Waals surface area contributed by atoms with E-state index in [1.165, 1.54) is 0 Å². The van der Waals surface area contributed by atoms with Crippen LogP contribution in [-0.4, -0.2) is 55.2 Å². The predicted octanol–water partition coefficient (Wildman–Crippen LogP) is 3.18. The Morgan fingerprint density at radius 1 is 1.15 bits per heavy atom. The van der Waals surface area contributed by atoms with Crippen molar-refractivity contribution < 1.29 is 9.53 Å². The Labute approximate surface area is 157 Å². The molecule has 136 valence electrons. The second kappa shape index (κ2) is 7.03. The molecule has 0 spiro atoms. The Morgan fingerprint density at radius 2 is 1.96 bits per heavy atom. The molecule has 7 heteroatoms. The van der Waals surface area contributed by atoms with E-state index in [-0.39, 0.29) is 6.03 Å². The fourth-order valence-corrected chi connectivity index (χ4v) is 3.64. The van der Waals surface area contributed by atoms with Gasteiger partial charge in [-0.05, 0) is 30.7 Å². The van der Waals surface area contributed by atoms with E-state index in [9.17, 15) is 4.79 Å². The van der Waals surface area contributed by atoms with E-state index in [0.717, 1.165) is 30.2 Å². The second-order valence-electron chi connectivity index (χ2n) is 6.51. The summed E-state index contributed by atoms with van der Waals surface area (Å²) in [6, 6.07) is 9.43. The van der Waals surface area contributed by atoms with Gasteiger partial charge in [0.1, 0.15) is 18.2 Å². The number of carbonyl (C=O) groups is 1. The van der Waals surface area contributed by atoms with Crippen molar-refractivity contribution in [2.24, 2.45) is 0 Å². The lowest BCUT2D eigenvalue weighted by molar-refractivity contribution is 0.196. The third-order valence-electron chi connectivity index (χ3n) is 4.85. The number of anilines is 2. The zero-order valence-electron chi connectivity index (χ0n) is 14.7. The number of halogens is 1. The van der Waals surface area contributed by atoms with Crippen LogP contribution in [0.25, 0.3) is 0 Å². The van der Waals surface area contributed by atoms with Gasteiger partial charge in [-0.15, -0.1) is 0 Å². The number of urea groups is 1. The van der Waals surface area contributed by atoms with Crippen LogP contribution in [0.3, 0.4) is 0 Å². The fraction of sp³-hybridized carbons (Fsp3) is 0.368. The minimum absolute atomic E-state index is 0.0225. The van der Waals surface area contributed by atoms with Gasteiger partial charge in [0.25, 0.3) is 0 Å². The molecule has 2 amide bonds. The third kappa shape index (κ3) is 3.17. The first-order valence-corrected chi connectivity index (χ1v) is 9.16. The summed E-state index contributed by atoms with van der Waals surface area (Å²) in [5.74, 6) is 1.67. The number of amides is 2. The van der Waals surface area contributed by atoms with Crippen LogP contribution in [0, 0.1) is 6.92 Å². The van der Waals surface area contributed by atoms with E-state index >= 15 is 0 Å². The van der Waals surface area contributed by atoms with Gasteiger partial charge in [0.2, 0.25) is 0 Å². The summed E-state index contributed by atoms with van der Waals surface area (Å²) in [6.45, 7) is 6.00. The molecule has 0 bridgehead atoms. The van der Waals surface area contributed by atoms with Crippen LogP contribution in [0.2, 0.25) is 5.02 Å². The normalized spacial score (nSPS) is 16.9. The molecule has 0 unspecified atom stereocenters. The average Bonchev–Trinajstić information content (AvgIpc) is 2.67. The first kappa shape index (κ1) is 17.0. The maximum absolute atomic E-state index is 13.0. The van der Waals surface area contributed by atoms with Crippen LogP contribution in [0.5, 0.6) is 5.75 Å². The number of hydrogen-bond donors (Lipinski definition) is 0. The number of carbonyl (C=O) groups excluding carboxylic acids is 1. The number of pyridine rings is 1. The van der Waals surface area contributed by atoms with Gasteiger partial charge < -0.3 is 14.5 Å². The maximum atomic E-state index is 13.0. The number of nitrogens with zero attached hydrogens (tertiary/aromatic N) is 4. The SMILES string of the molecule is Cc1cccnc1N1CCN(C(=O)N2CCOc3cc(Cl)ccc32)CC1. The van der Waals surface area contributed by atoms with Crippen molar-refractivity contribution in [2.45, 2.75) is 6.92 Å². The number of piperazine rings is 1. The van der Waals surface area contributed by atoms with Gasteiger partial charge >= 0.3 is 6.03 Å². The Morgan fingerprint density at radius 3 is 2.73 bits per heavy atom. The second-order valence-corrected chi connectivity index (χ2v) is 6.95. The van der Waals surface area contributed by atoms with E-state index in [1.807, 2.05) is 23.2 Å². The van der Waals surface area contributed by atoms with Crippen molar-refractivity contribution in [3.05, 3.63) is 47.1 Å². The first-order valence-electron chi connectivity index (χ1n) is 8.79. The molecule has 2 aromatic rings. The molecule has 0 saturated carbocycles. The van der Waals surface area contributed by atoms with Crippen LogP contribution in [0.4, 0.5) is 16.3 Å². The highest BCUT2D eigenvalue weighted by Gasteiger charge is 2.30. The molecule has 0 N–H and O–H groups in total. The van der Waals surface area contributed by atoms with E-state index < -0.39 is 0 Å². The lowest BCUT2D eigenvalue weighted by Crippen LogP contribution is -2.54. The smallest absolute Gasteiger partial charge is 0.324 e. The monoisotopic (exact) mass is 372 g/mol. The minimum Gasteiger partial charge on any atom is -0.489 e. The summed E-state index contributed by atoms with van der Waals surface area (Å²) in [5, 5.41) is 0.609. The van der Waals surface area contributed by atoms with E-state index in [4.69, 9.17) is 16.3 Å². The summed E-state index contributed by atoms with van der Waals surface area (Å²) in [4.78, 5) is 23.5. The van der Waals surface area contributed by atoms with Gasteiger partial charge in [-0.2, -0.15) is 0 Å². The van der Waals surface area contributed by atoms with Crippen molar-refractivity contribution in [1.82, 2.24) is 9.88 Å². The van der Waals surface area contributed by atoms with Crippen LogP contribution in [0.1, 0.15) is 5.56 Å². The van der Waals surface area contributed by atoms with Crippen molar-refractivity contribution in [1.29, 1.82) is 0 Å². The number of fused-ring (bicyclic) bond motifs is 1. The van der Waals surface area contributed by atoms with Gasteiger partial charge in [0.05, 0.1) is 12.2 Å². The zero-order valence-corrected chi connectivity index (χ0v) is 15.4. The highest BCUT2D eigenvalue weighted by molar-refractivity contribution is 6.30. The molecule has 2 aliphatic rings. The number of rotatable bonds is 1. The lowest BCUT2D eigenvalue weighted by atomic mass is 10.2. The first-order chi connectivity index (χ1) is 12.6. The Bertz CT molecular complexity index is 821. The van der Waals surface area contributed by atoms with Crippen LogP contribution >= 0.6 is 11.6 Å². The van der Waals surface area contributed by atoms with Crippen molar-refractivity contribution in [3.8, 4) is 5.75 Å². The summed E-state index contributed by atoms with van der Waals surface area (Å²) >= 11 is 6.03. The molecular formula is C19H21ClN4O2. The largest absolute Gasteiger partial charge is 0.489 e. The fourth-order valence-electron chi connectivity index (χ4n) is 3.48. The van der Waals surface area contributed by atoms with Gasteiger partial charge in [-0.25, -0.2) is 9.78 Å². The van der Waals surface area contributed by atoms with Crippen LogP contribution in [0.15, 0.2) is 36.5 Å². The molecule has 26 heavy (non-hydrogen) atoms. The van der Waals surface area contributed by atoms with Gasteiger partial charge in [-0.3, -0.25) is 4.90 Å². The number of benzene rings is 1. The van der Waals surface area contributed by atoms with Gasteiger partial charge in [0, 0.05) is 43.5 Å². The molecular weight excluding hydrogens is 352 g/mol. The number of aryl methyl sites for hydroxylation is 1. The Hall–Kier alpha value is -2.47. The minimum atomic E-state index is 0.0225. The van der Waals surface area contributed by atoms with E-state index in [2.05, 4.69) is 22.9 Å². The van der Waals surface area contributed by atoms with Crippen molar-refractivity contribution >= 4 is 29.1 Å². The number of ether oxygens (including phenoxy) is 1. The molecule has 0 radical (unpaired) electrons. The van der Waals surface area contributed by atoms with Crippen molar-refractivity contribution in [3.63, 3.8) is 0 Å². The molecule has 2 aliphatic heterocycles. The molecule has 0 atom stereocenters.